The molecule has 1 atom stereocenters. The van der Waals surface area contributed by atoms with Crippen LogP contribution in [0.1, 0.15) is 41.3 Å². The number of halogens is 2. The number of rotatable bonds is 7. The maximum Gasteiger partial charge on any atom is 0.245 e. The molecule has 8 heteroatoms. The number of piperazine rings is 1. The number of nitrogens with one attached hydrogen (secondary N) is 1. The molecule has 2 aliphatic rings. The summed E-state index contributed by atoms with van der Waals surface area (Å²) in [4.78, 5) is 42.7. The zero-order valence-corrected chi connectivity index (χ0v) is 21.0. The summed E-state index contributed by atoms with van der Waals surface area (Å²) >= 11 is 12.5. The molecular formula is C26H29Cl2N3O3. The number of carbonyl (C=O) groups is 3. The van der Waals surface area contributed by atoms with Crippen LogP contribution in [0.3, 0.4) is 0 Å². The Labute approximate surface area is 210 Å². The van der Waals surface area contributed by atoms with Gasteiger partial charge in [0.15, 0.2) is 5.78 Å². The van der Waals surface area contributed by atoms with Gasteiger partial charge in [-0.15, -0.1) is 0 Å². The van der Waals surface area contributed by atoms with Crippen LogP contribution < -0.4 is 5.32 Å². The van der Waals surface area contributed by atoms with Crippen molar-refractivity contribution in [3.05, 3.63) is 69.2 Å². The summed E-state index contributed by atoms with van der Waals surface area (Å²) in [5.41, 5.74) is 1.50. The zero-order valence-electron chi connectivity index (χ0n) is 19.4. The van der Waals surface area contributed by atoms with Gasteiger partial charge in [-0.3, -0.25) is 14.4 Å². The summed E-state index contributed by atoms with van der Waals surface area (Å²) in [5, 5.41) is 4.03. The molecule has 1 unspecified atom stereocenters. The molecule has 180 valence electrons. The molecule has 2 fully saturated rings. The molecule has 2 aromatic carbocycles. The number of nitrogens with zero attached hydrogens (tertiary/aromatic N) is 2. The lowest BCUT2D eigenvalue weighted by molar-refractivity contribution is -0.138. The number of amides is 2. The van der Waals surface area contributed by atoms with E-state index >= 15 is 0 Å². The monoisotopic (exact) mass is 501 g/mol. The number of likely N-dealkylation sites (N-methyl/N-ethyl adjacent to an activating group) is 1. The van der Waals surface area contributed by atoms with Crippen molar-refractivity contribution in [2.75, 3.05) is 33.2 Å². The van der Waals surface area contributed by atoms with E-state index in [-0.39, 0.29) is 17.6 Å². The van der Waals surface area contributed by atoms with Gasteiger partial charge >= 0.3 is 0 Å². The van der Waals surface area contributed by atoms with Crippen molar-refractivity contribution in [2.24, 2.45) is 0 Å². The van der Waals surface area contributed by atoms with Gasteiger partial charge < -0.3 is 15.1 Å². The molecule has 1 saturated heterocycles. The van der Waals surface area contributed by atoms with Gasteiger partial charge in [-0.05, 0) is 50.1 Å². The number of benzene rings is 2. The third kappa shape index (κ3) is 5.29. The first-order chi connectivity index (χ1) is 16.2. The van der Waals surface area contributed by atoms with Crippen LogP contribution in [0.4, 0.5) is 0 Å². The molecule has 0 bridgehead atoms. The molecule has 34 heavy (non-hydrogen) atoms. The molecule has 2 amide bonds. The molecule has 4 rings (SSSR count). The van der Waals surface area contributed by atoms with Crippen LogP contribution in [0.25, 0.3) is 0 Å². The minimum absolute atomic E-state index is 0.0135. The Morgan fingerprint density at radius 1 is 1.00 bits per heavy atom. The lowest BCUT2D eigenvalue weighted by atomic mass is 9.93. The van der Waals surface area contributed by atoms with Gasteiger partial charge in [0.25, 0.3) is 0 Å². The summed E-state index contributed by atoms with van der Waals surface area (Å²) < 4.78 is 0. The third-order valence-electron chi connectivity index (χ3n) is 6.85. The highest BCUT2D eigenvalue weighted by atomic mass is 35.5. The molecule has 1 aliphatic heterocycles. The van der Waals surface area contributed by atoms with Crippen LogP contribution in [0.2, 0.25) is 10.0 Å². The van der Waals surface area contributed by atoms with Gasteiger partial charge in [-0.2, -0.15) is 0 Å². The maximum absolute atomic E-state index is 13.5. The van der Waals surface area contributed by atoms with E-state index < -0.39 is 11.5 Å². The standard InChI is InChI=1S/C26H29Cl2N3O3/c1-17(32)19-5-3-18(4-6-19)15-23(24(33)31-13-11-30(2)12-14-31)29-25(34)26(9-10-26)21-8-7-20(27)16-22(21)28/h3-8,16,23H,9-15H2,1-2H3,(H,29,34). The molecule has 6 nitrogen and oxygen atoms in total. The lowest BCUT2D eigenvalue weighted by Crippen LogP contribution is -2.56. The fourth-order valence-corrected chi connectivity index (χ4v) is 5.07. The third-order valence-corrected chi connectivity index (χ3v) is 7.40. The number of ketones is 1. The van der Waals surface area contributed by atoms with E-state index in [1.807, 2.05) is 24.1 Å². The summed E-state index contributed by atoms with van der Waals surface area (Å²) in [6, 6.07) is 11.7. The van der Waals surface area contributed by atoms with Crippen molar-refractivity contribution < 1.29 is 14.4 Å². The quantitative estimate of drug-likeness (QED) is 0.586. The minimum atomic E-state index is -0.735. The highest BCUT2D eigenvalue weighted by molar-refractivity contribution is 6.35. The predicted molar refractivity (Wildman–Crippen MR) is 134 cm³/mol. The van der Waals surface area contributed by atoms with Crippen LogP contribution in [0.5, 0.6) is 0 Å². The topological polar surface area (TPSA) is 69.7 Å². The average Bonchev–Trinajstić information content (AvgIpc) is 3.61. The van der Waals surface area contributed by atoms with E-state index in [0.717, 1.165) is 24.2 Å². The Kier molecular flexibility index (Phi) is 7.31. The number of Topliss-reactive ketones (excluding diaryl/α,β-unsaturated/α-hetero) is 1. The highest BCUT2D eigenvalue weighted by Gasteiger charge is 2.53. The smallest absolute Gasteiger partial charge is 0.245 e. The first kappa shape index (κ1) is 24.7. The van der Waals surface area contributed by atoms with E-state index in [4.69, 9.17) is 23.2 Å². The Morgan fingerprint density at radius 2 is 1.65 bits per heavy atom. The van der Waals surface area contributed by atoms with Crippen LogP contribution in [-0.4, -0.2) is 66.7 Å². The van der Waals surface area contributed by atoms with Crippen molar-refractivity contribution in [3.8, 4) is 0 Å². The normalized spacial score (nSPS) is 18.3. The Hall–Kier alpha value is -2.41. The first-order valence-corrected chi connectivity index (χ1v) is 12.3. The molecule has 1 saturated carbocycles. The number of carbonyl (C=O) groups excluding carboxylic acids is 3. The van der Waals surface area contributed by atoms with E-state index in [1.54, 1.807) is 30.3 Å². The van der Waals surface area contributed by atoms with Gasteiger partial charge in [-0.1, -0.05) is 53.5 Å². The van der Waals surface area contributed by atoms with Gasteiger partial charge in [0.1, 0.15) is 6.04 Å². The minimum Gasteiger partial charge on any atom is -0.343 e. The first-order valence-electron chi connectivity index (χ1n) is 11.5. The fourth-order valence-electron chi connectivity index (χ4n) is 4.48. The fraction of sp³-hybridized carbons (Fsp3) is 0.423. The SMILES string of the molecule is CC(=O)c1ccc(CC(NC(=O)C2(c3ccc(Cl)cc3Cl)CC2)C(=O)N2CCN(C)CC2)cc1. The summed E-state index contributed by atoms with van der Waals surface area (Å²) in [7, 11) is 2.03. The Balaban J connectivity index is 1.56. The van der Waals surface area contributed by atoms with E-state index in [2.05, 4.69) is 10.2 Å². The summed E-state index contributed by atoms with van der Waals surface area (Å²) in [5.74, 6) is -0.292. The molecule has 0 aromatic heterocycles. The van der Waals surface area contributed by atoms with E-state index in [9.17, 15) is 14.4 Å². The largest absolute Gasteiger partial charge is 0.343 e. The lowest BCUT2D eigenvalue weighted by Gasteiger charge is -2.35. The molecule has 1 aliphatic carbocycles. The van der Waals surface area contributed by atoms with Crippen molar-refractivity contribution in [3.63, 3.8) is 0 Å². The summed E-state index contributed by atoms with van der Waals surface area (Å²) in [6.45, 7) is 4.36. The van der Waals surface area contributed by atoms with Crippen molar-refractivity contribution in [1.82, 2.24) is 15.1 Å². The highest BCUT2D eigenvalue weighted by Crippen LogP contribution is 2.51. The van der Waals surface area contributed by atoms with Crippen molar-refractivity contribution in [1.29, 1.82) is 0 Å². The zero-order chi connectivity index (χ0) is 24.5. The second-order valence-electron chi connectivity index (χ2n) is 9.32. The summed E-state index contributed by atoms with van der Waals surface area (Å²) in [6.07, 6.45) is 1.69. The number of hydrogen-bond acceptors (Lipinski definition) is 4. The Bertz CT molecular complexity index is 1090. The van der Waals surface area contributed by atoms with E-state index in [0.29, 0.717) is 48.0 Å². The van der Waals surface area contributed by atoms with Gasteiger partial charge in [0, 0.05) is 48.2 Å². The van der Waals surface area contributed by atoms with E-state index in [1.165, 1.54) is 6.92 Å². The Morgan fingerprint density at radius 3 is 2.21 bits per heavy atom. The maximum atomic E-state index is 13.5. The van der Waals surface area contributed by atoms with Crippen LogP contribution in [-0.2, 0) is 21.4 Å². The predicted octanol–water partition coefficient (Wildman–Crippen LogP) is 3.73. The number of hydrogen-bond donors (Lipinski definition) is 1. The molecule has 2 aromatic rings. The molecule has 0 radical (unpaired) electrons. The van der Waals surface area contributed by atoms with Crippen LogP contribution >= 0.6 is 23.2 Å². The second kappa shape index (κ2) is 10.1. The van der Waals surface area contributed by atoms with Gasteiger partial charge in [0.2, 0.25) is 11.8 Å². The molecule has 0 spiro atoms. The van der Waals surface area contributed by atoms with Crippen molar-refractivity contribution >= 4 is 40.8 Å². The van der Waals surface area contributed by atoms with Gasteiger partial charge in [0.05, 0.1) is 5.41 Å². The second-order valence-corrected chi connectivity index (χ2v) is 10.2. The van der Waals surface area contributed by atoms with Gasteiger partial charge in [-0.25, -0.2) is 0 Å². The molecule has 1 N–H and O–H groups in total. The molecular weight excluding hydrogens is 473 g/mol. The van der Waals surface area contributed by atoms with Crippen LogP contribution in [0, 0.1) is 0 Å². The molecule has 1 heterocycles. The average molecular weight is 502 g/mol. The van der Waals surface area contributed by atoms with Crippen LogP contribution in [0.15, 0.2) is 42.5 Å². The van der Waals surface area contributed by atoms with Crippen molar-refractivity contribution in [2.45, 2.75) is 37.6 Å².